The Hall–Kier alpha value is -2.21. The molecule has 130 valence electrons. The Balaban J connectivity index is 2.49. The summed E-state index contributed by atoms with van der Waals surface area (Å²) in [7, 11) is -3.58. The van der Waals surface area contributed by atoms with Crippen molar-refractivity contribution >= 4 is 33.0 Å². The lowest BCUT2D eigenvalue weighted by molar-refractivity contribution is -0.137. The largest absolute Gasteiger partial charge is 0.464 e. The molecule has 1 aromatic heterocycles. The highest BCUT2D eigenvalue weighted by Crippen LogP contribution is 2.36. The molecular formula is C12H8F4N2O4S2. The smallest absolute Gasteiger partial charge is 0.418 e. The van der Waals surface area contributed by atoms with Gasteiger partial charge in [0.25, 0.3) is 10.0 Å². The van der Waals surface area contributed by atoms with E-state index in [4.69, 9.17) is 0 Å². The zero-order chi connectivity index (χ0) is 18.1. The monoisotopic (exact) mass is 384 g/mol. The number of anilines is 1. The van der Waals surface area contributed by atoms with Gasteiger partial charge in [0.2, 0.25) is 0 Å². The predicted molar refractivity (Wildman–Crippen MR) is 75.7 cm³/mol. The lowest BCUT2D eigenvalue weighted by atomic mass is 10.2. The minimum absolute atomic E-state index is 0.158. The first-order chi connectivity index (χ1) is 11.1. The van der Waals surface area contributed by atoms with E-state index in [1.54, 1.807) is 4.72 Å². The molecule has 1 heterocycles. The van der Waals surface area contributed by atoms with Gasteiger partial charge < -0.3 is 4.74 Å². The first kappa shape index (κ1) is 18.1. The Bertz CT molecular complexity index is 877. The van der Waals surface area contributed by atoms with Crippen LogP contribution in [-0.4, -0.2) is 26.5 Å². The van der Waals surface area contributed by atoms with Gasteiger partial charge in [-0.3, -0.25) is 4.72 Å². The van der Waals surface area contributed by atoms with Gasteiger partial charge in [-0.1, -0.05) is 0 Å². The lowest BCUT2D eigenvalue weighted by Gasteiger charge is -2.14. The van der Waals surface area contributed by atoms with Crippen LogP contribution >= 0.6 is 11.3 Å². The number of nitrogens with one attached hydrogen (secondary N) is 1. The summed E-state index contributed by atoms with van der Waals surface area (Å²) in [6, 6.07) is 1.46. The molecule has 24 heavy (non-hydrogen) atoms. The van der Waals surface area contributed by atoms with Gasteiger partial charge in [0.15, 0.2) is 9.90 Å². The molecule has 0 aliphatic carbocycles. The van der Waals surface area contributed by atoms with Gasteiger partial charge in [-0.15, -0.1) is 11.3 Å². The average molecular weight is 384 g/mol. The Morgan fingerprint density at radius 1 is 1.33 bits per heavy atom. The van der Waals surface area contributed by atoms with Gasteiger partial charge >= 0.3 is 12.1 Å². The number of rotatable bonds is 4. The number of carbonyl (C=O) groups excluding carboxylic acids is 1. The summed E-state index contributed by atoms with van der Waals surface area (Å²) in [6.07, 6.45) is -4.99. The van der Waals surface area contributed by atoms with Crippen LogP contribution < -0.4 is 4.72 Å². The van der Waals surface area contributed by atoms with E-state index < -0.39 is 49.1 Å². The molecule has 2 aromatic rings. The standard InChI is InChI=1S/C12H8F4N2O4S2/c1-22-10(19)9-11(23-5-17-9)24(20,21)18-8-3-2-6(13)4-7(8)12(14,15)16/h2-5,18H,1H3. The Morgan fingerprint density at radius 2 is 2.00 bits per heavy atom. The van der Waals surface area contributed by atoms with Gasteiger partial charge in [-0.05, 0) is 18.2 Å². The number of sulfonamides is 1. The second kappa shape index (κ2) is 6.36. The minimum atomic E-state index is -4.99. The number of methoxy groups -OCH3 is 1. The van der Waals surface area contributed by atoms with Crippen LogP contribution in [0.25, 0.3) is 0 Å². The fourth-order valence-corrected chi connectivity index (χ4v) is 3.90. The van der Waals surface area contributed by atoms with Crippen molar-refractivity contribution in [2.24, 2.45) is 0 Å². The van der Waals surface area contributed by atoms with E-state index in [-0.39, 0.29) is 6.07 Å². The third-order valence-electron chi connectivity index (χ3n) is 2.69. The summed E-state index contributed by atoms with van der Waals surface area (Å²) in [5.74, 6) is -2.25. The molecule has 0 aliphatic heterocycles. The molecule has 0 aliphatic rings. The van der Waals surface area contributed by atoms with E-state index in [1.807, 2.05) is 0 Å². The van der Waals surface area contributed by atoms with Gasteiger partial charge in [-0.25, -0.2) is 22.6 Å². The first-order valence-corrected chi connectivity index (χ1v) is 8.34. The zero-order valence-corrected chi connectivity index (χ0v) is 13.4. The van der Waals surface area contributed by atoms with Crippen molar-refractivity contribution < 1.29 is 35.5 Å². The van der Waals surface area contributed by atoms with Crippen LogP contribution in [-0.2, 0) is 20.9 Å². The topological polar surface area (TPSA) is 85.4 Å². The Kier molecular flexibility index (Phi) is 4.80. The predicted octanol–water partition coefficient (Wildman–Crippen LogP) is 2.89. The molecule has 0 saturated heterocycles. The van der Waals surface area contributed by atoms with Crippen LogP contribution in [0.2, 0.25) is 0 Å². The van der Waals surface area contributed by atoms with Crippen molar-refractivity contribution in [2.75, 3.05) is 11.8 Å². The Labute approximate surface area is 137 Å². The quantitative estimate of drug-likeness (QED) is 0.647. The fraction of sp³-hybridized carbons (Fsp3) is 0.167. The molecule has 6 nitrogen and oxygen atoms in total. The first-order valence-electron chi connectivity index (χ1n) is 5.97. The number of esters is 1. The minimum Gasteiger partial charge on any atom is -0.464 e. The van der Waals surface area contributed by atoms with E-state index >= 15 is 0 Å². The lowest BCUT2D eigenvalue weighted by Crippen LogP contribution is -2.19. The van der Waals surface area contributed by atoms with Crippen molar-refractivity contribution in [3.05, 3.63) is 40.8 Å². The maximum atomic E-state index is 13.1. The number of thiazole rings is 1. The summed E-state index contributed by atoms with van der Waals surface area (Å²) >= 11 is 0.518. The number of nitrogens with zero attached hydrogens (tertiary/aromatic N) is 1. The summed E-state index contributed by atoms with van der Waals surface area (Å²) in [6.45, 7) is 0. The summed E-state index contributed by atoms with van der Waals surface area (Å²) in [4.78, 5) is 15.0. The van der Waals surface area contributed by atoms with Crippen molar-refractivity contribution in [1.29, 1.82) is 0 Å². The molecule has 12 heteroatoms. The van der Waals surface area contributed by atoms with Crippen LogP contribution in [0.5, 0.6) is 0 Å². The van der Waals surface area contributed by atoms with Crippen LogP contribution in [0, 0.1) is 5.82 Å². The third kappa shape index (κ3) is 3.64. The summed E-state index contributed by atoms with van der Waals surface area (Å²) < 4.78 is 81.8. The van der Waals surface area contributed by atoms with Crippen LogP contribution in [0.15, 0.2) is 27.9 Å². The number of aromatic nitrogens is 1. The maximum Gasteiger partial charge on any atom is 0.418 e. The highest BCUT2D eigenvalue weighted by atomic mass is 32.2. The van der Waals surface area contributed by atoms with Gasteiger partial charge in [-0.2, -0.15) is 13.2 Å². The molecule has 0 bridgehead atoms. The maximum absolute atomic E-state index is 13.1. The highest BCUT2D eigenvalue weighted by molar-refractivity contribution is 7.94. The molecule has 1 N–H and O–H groups in total. The molecule has 0 amide bonds. The van der Waals surface area contributed by atoms with Gasteiger partial charge in [0, 0.05) is 0 Å². The summed E-state index contributed by atoms with van der Waals surface area (Å²) in [5.41, 5.74) is -1.93. The van der Waals surface area contributed by atoms with Crippen molar-refractivity contribution in [3.8, 4) is 0 Å². The van der Waals surface area contributed by atoms with E-state index in [2.05, 4.69) is 9.72 Å². The number of alkyl halides is 3. The molecular weight excluding hydrogens is 376 g/mol. The number of halogens is 4. The normalized spacial score (nSPS) is 12.0. The van der Waals surface area contributed by atoms with E-state index in [0.717, 1.165) is 12.6 Å². The number of carbonyl (C=O) groups is 1. The molecule has 0 unspecified atom stereocenters. The number of hydrogen-bond donors (Lipinski definition) is 1. The van der Waals surface area contributed by atoms with Gasteiger partial charge in [0.1, 0.15) is 5.82 Å². The second-order valence-corrected chi connectivity index (χ2v) is 7.01. The van der Waals surface area contributed by atoms with E-state index in [9.17, 15) is 30.8 Å². The summed E-state index contributed by atoms with van der Waals surface area (Å²) in [5, 5.41) is 0. The van der Waals surface area contributed by atoms with Crippen LogP contribution in [0.4, 0.5) is 23.2 Å². The van der Waals surface area contributed by atoms with Crippen molar-refractivity contribution in [3.63, 3.8) is 0 Å². The Morgan fingerprint density at radius 3 is 2.58 bits per heavy atom. The molecule has 0 fully saturated rings. The zero-order valence-electron chi connectivity index (χ0n) is 11.7. The number of benzene rings is 1. The molecule has 0 atom stereocenters. The molecule has 0 saturated carbocycles. The molecule has 0 radical (unpaired) electrons. The van der Waals surface area contributed by atoms with E-state index in [0.29, 0.717) is 23.5 Å². The van der Waals surface area contributed by atoms with Crippen molar-refractivity contribution in [1.82, 2.24) is 4.98 Å². The highest BCUT2D eigenvalue weighted by Gasteiger charge is 2.36. The fourth-order valence-electron chi connectivity index (χ4n) is 1.69. The molecule has 0 spiro atoms. The van der Waals surface area contributed by atoms with Crippen LogP contribution in [0.1, 0.15) is 16.1 Å². The van der Waals surface area contributed by atoms with Gasteiger partial charge in [0.05, 0.1) is 23.9 Å². The number of ether oxygens (including phenoxy) is 1. The van der Waals surface area contributed by atoms with Crippen molar-refractivity contribution in [2.45, 2.75) is 10.4 Å². The average Bonchev–Trinajstić information content (AvgIpc) is 2.97. The number of hydrogen-bond acceptors (Lipinski definition) is 6. The molecule has 2 rings (SSSR count). The second-order valence-electron chi connectivity index (χ2n) is 4.27. The molecule has 1 aromatic carbocycles. The van der Waals surface area contributed by atoms with Crippen LogP contribution in [0.3, 0.4) is 0 Å². The third-order valence-corrected chi connectivity index (χ3v) is 5.42. The SMILES string of the molecule is COC(=O)c1ncsc1S(=O)(=O)Nc1ccc(F)cc1C(F)(F)F. The van der Waals surface area contributed by atoms with E-state index in [1.165, 1.54) is 0 Å².